The van der Waals surface area contributed by atoms with E-state index in [0.29, 0.717) is 6.54 Å². The molecule has 232 valence electrons. The molecule has 2 aliphatic rings. The Morgan fingerprint density at radius 1 is 0.707 bits per heavy atom. The van der Waals surface area contributed by atoms with Crippen LogP contribution in [0.25, 0.3) is 0 Å². The predicted octanol–water partition coefficient (Wildman–Crippen LogP) is 9.23. The van der Waals surface area contributed by atoms with Crippen LogP contribution in [-0.4, -0.2) is 29.7 Å². The van der Waals surface area contributed by atoms with E-state index in [1.807, 2.05) is 30.3 Å². The van der Waals surface area contributed by atoms with Gasteiger partial charge >= 0.3 is 197 Å². The second-order valence-electron chi connectivity index (χ2n) is 12.5. The summed E-state index contributed by atoms with van der Waals surface area (Å²) in [5.41, 5.74) is -1.83. The van der Waals surface area contributed by atoms with E-state index < -0.39 is 36.4 Å². The molecule has 8 heteroatoms. The van der Waals surface area contributed by atoms with E-state index in [1.54, 1.807) is 27.7 Å². The number of hydrogen-bond donors (Lipinski definition) is 1. The van der Waals surface area contributed by atoms with Crippen LogP contribution in [0.15, 0.2) is 42.5 Å². The minimum absolute atomic E-state index is 0.597. The molecule has 1 aromatic rings. The summed E-state index contributed by atoms with van der Waals surface area (Å²) in [6.45, 7) is 9.37. The predicted molar refractivity (Wildman–Crippen MR) is 166 cm³/mol. The van der Waals surface area contributed by atoms with E-state index in [1.165, 1.54) is 77.0 Å². The molecule has 2 fully saturated rings. The first-order valence-electron chi connectivity index (χ1n) is 15.9. The van der Waals surface area contributed by atoms with Crippen LogP contribution in [0.5, 0.6) is 0 Å². The summed E-state index contributed by atoms with van der Waals surface area (Å²) in [6.07, 6.45) is 22.1. The van der Waals surface area contributed by atoms with Gasteiger partial charge in [-0.1, -0.05) is 39.0 Å². The Morgan fingerprint density at radius 3 is 1.63 bits per heavy atom. The SMILES string of the molecule is CCCCCCCC/C=C\CCCCCCCCNC(c1ccccc1)P12(OC(=O)C(C)(C)O1)OC(=O)C(C)(C)O2. The van der Waals surface area contributed by atoms with Crippen LogP contribution in [-0.2, 0) is 27.7 Å². The zero-order valence-corrected chi connectivity index (χ0v) is 27.0. The standard InChI is InChI=1S/C33H54NO6P/c1-6-7-8-9-10-11-12-13-14-15-16-17-18-19-20-24-27-34-29(28-25-22-21-23-26-28)41(37-30(35)32(2,3)39-41)38-31(36)33(4,5)40-41/h13-14,21-23,25-26,29,34H,6-12,15-20,24,27H2,1-5H3/b14-13-. The third-order valence-corrected chi connectivity index (χ3v) is 11.7. The van der Waals surface area contributed by atoms with Gasteiger partial charge in [-0.2, -0.15) is 0 Å². The number of nitrogens with one attached hydrogen (secondary N) is 1. The van der Waals surface area contributed by atoms with Gasteiger partial charge in [-0.15, -0.1) is 0 Å². The summed E-state index contributed by atoms with van der Waals surface area (Å²) in [4.78, 5) is 25.9. The molecule has 2 aliphatic heterocycles. The van der Waals surface area contributed by atoms with Gasteiger partial charge in [0.05, 0.1) is 0 Å². The molecular weight excluding hydrogens is 537 g/mol. The molecule has 1 N–H and O–H groups in total. The quantitative estimate of drug-likeness (QED) is 0.0975. The van der Waals surface area contributed by atoms with E-state index in [9.17, 15) is 9.59 Å². The fourth-order valence-electron chi connectivity index (χ4n) is 5.50. The van der Waals surface area contributed by atoms with Crippen molar-refractivity contribution in [2.75, 3.05) is 6.54 Å². The monoisotopic (exact) mass is 591 g/mol. The molecule has 7 nitrogen and oxygen atoms in total. The molecule has 1 aromatic carbocycles. The Hall–Kier alpha value is -1.79. The van der Waals surface area contributed by atoms with Gasteiger partial charge in [-0.3, -0.25) is 0 Å². The molecule has 0 bridgehead atoms. The molecule has 0 aromatic heterocycles. The molecule has 0 aliphatic carbocycles. The summed E-state index contributed by atoms with van der Waals surface area (Å²) in [5, 5.41) is 3.51. The number of unbranched alkanes of at least 4 members (excludes halogenated alkanes) is 12. The Bertz CT molecular complexity index is 972. The summed E-state index contributed by atoms with van der Waals surface area (Å²) < 4.78 is 24.6. The van der Waals surface area contributed by atoms with E-state index in [4.69, 9.17) is 18.1 Å². The average molecular weight is 592 g/mol. The third kappa shape index (κ3) is 8.86. The Labute approximate surface area is 248 Å². The van der Waals surface area contributed by atoms with E-state index in [0.717, 1.165) is 18.4 Å². The average Bonchev–Trinajstić information content (AvgIpc) is 3.25. The van der Waals surface area contributed by atoms with Crippen molar-refractivity contribution in [3.05, 3.63) is 48.0 Å². The van der Waals surface area contributed by atoms with Gasteiger partial charge in [0, 0.05) is 0 Å². The van der Waals surface area contributed by atoms with Crippen molar-refractivity contribution < 1.29 is 27.7 Å². The summed E-state index contributed by atoms with van der Waals surface area (Å²) in [6, 6.07) is 9.52. The van der Waals surface area contributed by atoms with Crippen molar-refractivity contribution in [2.45, 2.75) is 141 Å². The topological polar surface area (TPSA) is 83.1 Å². The summed E-state index contributed by atoms with van der Waals surface area (Å²) >= 11 is 0. The van der Waals surface area contributed by atoms with Crippen LogP contribution in [0.1, 0.15) is 136 Å². The van der Waals surface area contributed by atoms with Crippen molar-refractivity contribution in [3.63, 3.8) is 0 Å². The van der Waals surface area contributed by atoms with Crippen molar-refractivity contribution in [1.82, 2.24) is 5.32 Å². The van der Waals surface area contributed by atoms with Gasteiger partial charge < -0.3 is 0 Å². The first-order valence-corrected chi connectivity index (χ1v) is 17.9. The van der Waals surface area contributed by atoms with Crippen LogP contribution in [0.3, 0.4) is 0 Å². The molecular formula is C33H54NO6P. The van der Waals surface area contributed by atoms with Crippen LogP contribution in [0, 0.1) is 0 Å². The Kier molecular flexibility index (Phi) is 12.4. The van der Waals surface area contributed by atoms with Crippen LogP contribution >= 0.6 is 7.51 Å². The van der Waals surface area contributed by atoms with Crippen molar-refractivity contribution in [3.8, 4) is 0 Å². The van der Waals surface area contributed by atoms with Gasteiger partial charge in [0.1, 0.15) is 0 Å². The molecule has 2 saturated heterocycles. The van der Waals surface area contributed by atoms with Crippen LogP contribution in [0.2, 0.25) is 0 Å². The van der Waals surface area contributed by atoms with Crippen LogP contribution < -0.4 is 5.32 Å². The van der Waals surface area contributed by atoms with Gasteiger partial charge in [0.15, 0.2) is 0 Å². The number of carbonyl (C=O) groups is 2. The molecule has 1 atom stereocenters. The normalized spacial score (nSPS) is 21.9. The van der Waals surface area contributed by atoms with Gasteiger partial charge in [0.2, 0.25) is 0 Å². The number of hydrogen-bond acceptors (Lipinski definition) is 7. The summed E-state index contributed by atoms with van der Waals surface area (Å²) in [5.74, 6) is -1.94. The van der Waals surface area contributed by atoms with Crippen LogP contribution in [0.4, 0.5) is 0 Å². The van der Waals surface area contributed by atoms with Crippen molar-refractivity contribution in [2.24, 2.45) is 0 Å². The molecule has 3 rings (SSSR count). The first-order chi connectivity index (χ1) is 19.5. The van der Waals surface area contributed by atoms with Gasteiger partial charge in [0.25, 0.3) is 0 Å². The third-order valence-electron chi connectivity index (χ3n) is 7.83. The summed E-state index contributed by atoms with van der Waals surface area (Å²) in [7, 11) is -4.72. The number of benzene rings is 1. The number of carbonyl (C=O) groups excluding carboxylic acids is 2. The molecule has 2 heterocycles. The second kappa shape index (κ2) is 15.1. The van der Waals surface area contributed by atoms with Crippen molar-refractivity contribution >= 4 is 19.4 Å². The number of rotatable bonds is 19. The zero-order chi connectivity index (χ0) is 29.8. The van der Waals surface area contributed by atoms with E-state index in [2.05, 4.69) is 24.4 Å². The maximum absolute atomic E-state index is 12.9. The molecule has 0 amide bonds. The molecule has 0 radical (unpaired) electrons. The maximum atomic E-state index is 12.9. The fourth-order valence-corrected chi connectivity index (χ4v) is 10.1. The Balaban J connectivity index is 1.46. The fraction of sp³-hybridized carbons (Fsp3) is 0.697. The molecule has 0 saturated carbocycles. The van der Waals surface area contributed by atoms with E-state index in [-0.39, 0.29) is 0 Å². The zero-order valence-electron chi connectivity index (χ0n) is 26.1. The molecule has 1 spiro atoms. The number of allylic oxidation sites excluding steroid dienone is 2. The van der Waals surface area contributed by atoms with Gasteiger partial charge in [-0.25, -0.2) is 0 Å². The second-order valence-corrected chi connectivity index (χ2v) is 15.5. The molecule has 41 heavy (non-hydrogen) atoms. The minimum atomic E-state index is -4.72. The van der Waals surface area contributed by atoms with E-state index >= 15 is 0 Å². The Morgan fingerprint density at radius 2 is 1.17 bits per heavy atom. The molecule has 1 unspecified atom stereocenters. The van der Waals surface area contributed by atoms with Gasteiger partial charge in [-0.05, 0) is 12.8 Å². The van der Waals surface area contributed by atoms with Crippen molar-refractivity contribution in [1.29, 1.82) is 0 Å². The first kappa shape index (κ1) is 33.7.